The maximum absolute atomic E-state index is 13.4. The van der Waals surface area contributed by atoms with Gasteiger partial charge in [0.1, 0.15) is 0 Å². The molecule has 0 fully saturated rings. The summed E-state index contributed by atoms with van der Waals surface area (Å²) in [4.78, 5) is 34.0. The lowest BCUT2D eigenvalue weighted by atomic mass is 9.96. The first-order valence-electron chi connectivity index (χ1n) is 8.93. The number of carbonyl (C=O) groups is 1. The third kappa shape index (κ3) is 3.37. The summed E-state index contributed by atoms with van der Waals surface area (Å²) in [6.07, 6.45) is 1.02. The fourth-order valence-corrected chi connectivity index (χ4v) is 5.84. The van der Waals surface area contributed by atoms with Gasteiger partial charge < -0.3 is 15.1 Å². The van der Waals surface area contributed by atoms with Crippen molar-refractivity contribution in [2.45, 2.75) is 5.16 Å². The lowest BCUT2D eigenvalue weighted by molar-refractivity contribution is -0.118. The van der Waals surface area contributed by atoms with Crippen LogP contribution in [0, 0.1) is 0 Å². The molecule has 0 aliphatic carbocycles. The van der Waals surface area contributed by atoms with Gasteiger partial charge in [-0.15, -0.1) is 17.9 Å². The van der Waals surface area contributed by atoms with Crippen molar-refractivity contribution in [1.29, 1.82) is 0 Å². The molecule has 4 aromatic rings. The Hall–Kier alpha value is -2.47. The standard InChI is InChI=1S/C22H17ClNO4PS/c1-2-22(29(26,27)28,19-13-30-20-10-8-16(23)12-18(19)20)21(25)24-17-9-7-14-5-3-4-6-15(14)11-17/h2-13H,1H2,(H,24,25)(H2,26,27,28). The summed E-state index contributed by atoms with van der Waals surface area (Å²) in [7, 11) is -5.02. The molecule has 1 amide bonds. The van der Waals surface area contributed by atoms with Crippen molar-refractivity contribution in [2.75, 3.05) is 5.32 Å². The van der Waals surface area contributed by atoms with Crippen LogP contribution in [0.15, 0.2) is 78.7 Å². The SMILES string of the molecule is C=CC(C(=O)Nc1ccc2ccccc2c1)(c1csc2ccc(Cl)cc12)P(=O)(O)O. The molecule has 0 spiro atoms. The number of amides is 1. The third-order valence-corrected chi connectivity index (χ3v) is 7.80. The second-order valence-electron chi connectivity index (χ2n) is 6.82. The molecule has 0 radical (unpaired) electrons. The zero-order valence-corrected chi connectivity index (χ0v) is 18.0. The van der Waals surface area contributed by atoms with Crippen molar-refractivity contribution in [3.8, 4) is 0 Å². The third-order valence-electron chi connectivity index (χ3n) is 5.05. The molecular weight excluding hydrogens is 441 g/mol. The molecule has 0 saturated heterocycles. The molecule has 8 heteroatoms. The van der Waals surface area contributed by atoms with E-state index < -0.39 is 18.7 Å². The molecule has 3 aromatic carbocycles. The van der Waals surface area contributed by atoms with Crippen LogP contribution < -0.4 is 5.32 Å². The summed E-state index contributed by atoms with van der Waals surface area (Å²) in [5.74, 6) is -0.860. The number of thiophene rings is 1. The highest BCUT2D eigenvalue weighted by Crippen LogP contribution is 2.60. The Morgan fingerprint density at radius 3 is 2.53 bits per heavy atom. The predicted molar refractivity (Wildman–Crippen MR) is 123 cm³/mol. The molecule has 0 aliphatic rings. The number of benzene rings is 3. The van der Waals surface area contributed by atoms with Gasteiger partial charge in [-0.25, -0.2) is 0 Å². The molecule has 3 N–H and O–H groups in total. The Balaban J connectivity index is 1.85. The van der Waals surface area contributed by atoms with Crippen LogP contribution in [-0.4, -0.2) is 15.7 Å². The van der Waals surface area contributed by atoms with E-state index in [9.17, 15) is 19.1 Å². The fraction of sp³-hybridized carbons (Fsp3) is 0.0455. The highest BCUT2D eigenvalue weighted by atomic mass is 35.5. The van der Waals surface area contributed by atoms with Crippen LogP contribution in [0.1, 0.15) is 5.56 Å². The molecule has 30 heavy (non-hydrogen) atoms. The van der Waals surface area contributed by atoms with Gasteiger partial charge in [-0.05, 0) is 51.9 Å². The number of anilines is 1. The van der Waals surface area contributed by atoms with E-state index >= 15 is 0 Å². The van der Waals surface area contributed by atoms with Gasteiger partial charge in [-0.3, -0.25) is 9.36 Å². The maximum atomic E-state index is 13.4. The minimum Gasteiger partial charge on any atom is -0.324 e. The highest BCUT2D eigenvalue weighted by molar-refractivity contribution is 7.54. The number of halogens is 1. The normalized spacial score (nSPS) is 13.8. The van der Waals surface area contributed by atoms with E-state index in [1.165, 1.54) is 11.3 Å². The van der Waals surface area contributed by atoms with Gasteiger partial charge in [0.15, 0.2) is 5.16 Å². The number of carbonyl (C=O) groups excluding carboxylic acids is 1. The van der Waals surface area contributed by atoms with Crippen LogP contribution in [-0.2, 0) is 14.5 Å². The van der Waals surface area contributed by atoms with Crippen molar-refractivity contribution < 1.29 is 19.1 Å². The van der Waals surface area contributed by atoms with Crippen LogP contribution >= 0.6 is 30.5 Å². The van der Waals surface area contributed by atoms with Gasteiger partial charge in [0, 0.05) is 21.0 Å². The first kappa shape index (κ1) is 20.8. The molecule has 0 bridgehead atoms. The van der Waals surface area contributed by atoms with Crippen LogP contribution in [0.3, 0.4) is 0 Å². The Kier molecular flexibility index (Phi) is 5.30. The largest absolute Gasteiger partial charge is 0.349 e. The van der Waals surface area contributed by atoms with E-state index in [0.717, 1.165) is 21.5 Å². The molecule has 1 heterocycles. The van der Waals surface area contributed by atoms with Crippen molar-refractivity contribution in [3.63, 3.8) is 0 Å². The Labute approximate surface area is 181 Å². The van der Waals surface area contributed by atoms with E-state index in [1.54, 1.807) is 35.7 Å². The second kappa shape index (κ2) is 7.65. The number of nitrogens with one attached hydrogen (secondary N) is 1. The van der Waals surface area contributed by atoms with Crippen LogP contribution in [0.4, 0.5) is 5.69 Å². The molecule has 1 aromatic heterocycles. The zero-order valence-electron chi connectivity index (χ0n) is 15.6. The van der Waals surface area contributed by atoms with Crippen LogP contribution in [0.2, 0.25) is 5.02 Å². The summed E-state index contributed by atoms with van der Waals surface area (Å²) in [6, 6.07) is 17.9. The highest BCUT2D eigenvalue weighted by Gasteiger charge is 2.54. The zero-order chi connectivity index (χ0) is 21.5. The van der Waals surface area contributed by atoms with Gasteiger partial charge in [-0.2, -0.15) is 0 Å². The number of fused-ring (bicyclic) bond motifs is 2. The first-order chi connectivity index (χ1) is 14.3. The van der Waals surface area contributed by atoms with Gasteiger partial charge in [0.05, 0.1) is 0 Å². The lowest BCUT2D eigenvalue weighted by Crippen LogP contribution is -2.38. The molecule has 4 rings (SSSR count). The quantitative estimate of drug-likeness (QED) is 0.257. The number of rotatable bonds is 5. The first-order valence-corrected chi connectivity index (χ1v) is 11.8. The van der Waals surface area contributed by atoms with Gasteiger partial charge in [-0.1, -0.05) is 48.0 Å². The molecule has 5 nitrogen and oxygen atoms in total. The Bertz CT molecular complexity index is 1350. The lowest BCUT2D eigenvalue weighted by Gasteiger charge is -2.30. The van der Waals surface area contributed by atoms with E-state index in [0.29, 0.717) is 16.1 Å². The molecular formula is C22H17ClNO4PS. The smallest absolute Gasteiger partial charge is 0.324 e. The van der Waals surface area contributed by atoms with E-state index in [1.807, 2.05) is 30.3 Å². The summed E-state index contributed by atoms with van der Waals surface area (Å²) >= 11 is 7.38. The van der Waals surface area contributed by atoms with Crippen LogP contribution in [0.5, 0.6) is 0 Å². The van der Waals surface area contributed by atoms with Crippen molar-refractivity contribution in [2.24, 2.45) is 0 Å². The fourth-order valence-electron chi connectivity index (χ4n) is 3.52. The van der Waals surface area contributed by atoms with Crippen molar-refractivity contribution in [3.05, 3.63) is 89.3 Å². The minimum atomic E-state index is -5.02. The molecule has 0 saturated carbocycles. The summed E-state index contributed by atoms with van der Waals surface area (Å²) in [5.41, 5.74) is 0.600. The Morgan fingerprint density at radius 1 is 1.10 bits per heavy atom. The second-order valence-corrected chi connectivity index (χ2v) is 9.96. The van der Waals surface area contributed by atoms with Gasteiger partial charge >= 0.3 is 7.60 Å². The molecule has 152 valence electrons. The summed E-state index contributed by atoms with van der Waals surface area (Å²) < 4.78 is 13.4. The molecule has 1 atom stereocenters. The predicted octanol–water partition coefficient (Wildman–Crippen LogP) is 5.91. The van der Waals surface area contributed by atoms with E-state index in [-0.39, 0.29) is 5.56 Å². The maximum Gasteiger partial charge on any atom is 0.349 e. The van der Waals surface area contributed by atoms with Gasteiger partial charge in [0.2, 0.25) is 0 Å². The van der Waals surface area contributed by atoms with E-state index in [4.69, 9.17) is 11.6 Å². The summed E-state index contributed by atoms with van der Waals surface area (Å²) in [5, 5.41) is 4.76. The average molecular weight is 458 g/mol. The topological polar surface area (TPSA) is 86.6 Å². The summed E-state index contributed by atoms with van der Waals surface area (Å²) in [6.45, 7) is 3.62. The molecule has 0 aliphatic heterocycles. The van der Waals surface area contributed by atoms with Gasteiger partial charge in [0.25, 0.3) is 5.91 Å². The average Bonchev–Trinajstić information content (AvgIpc) is 3.11. The van der Waals surface area contributed by atoms with Crippen molar-refractivity contribution in [1.82, 2.24) is 0 Å². The van der Waals surface area contributed by atoms with Crippen molar-refractivity contribution >= 4 is 63.0 Å². The molecule has 1 unspecified atom stereocenters. The monoisotopic (exact) mass is 457 g/mol. The number of hydrogen-bond acceptors (Lipinski definition) is 3. The number of hydrogen-bond donors (Lipinski definition) is 3. The van der Waals surface area contributed by atoms with Crippen LogP contribution in [0.25, 0.3) is 20.9 Å². The van der Waals surface area contributed by atoms with E-state index in [2.05, 4.69) is 11.9 Å². The Morgan fingerprint density at radius 2 is 1.83 bits per heavy atom. The minimum absolute atomic E-state index is 0.173.